The third-order valence-electron chi connectivity index (χ3n) is 3.34. The molecule has 0 spiro atoms. The Morgan fingerprint density at radius 2 is 2.10 bits per heavy atom. The molecule has 0 bridgehead atoms. The fourth-order valence-corrected chi connectivity index (χ4v) is 1.99. The Labute approximate surface area is 118 Å². The van der Waals surface area contributed by atoms with Gasteiger partial charge in [-0.05, 0) is 37.0 Å². The van der Waals surface area contributed by atoms with Gasteiger partial charge in [0.25, 0.3) is 5.69 Å². The van der Waals surface area contributed by atoms with Gasteiger partial charge in [0.15, 0.2) is 0 Å². The first-order valence-corrected chi connectivity index (χ1v) is 6.53. The van der Waals surface area contributed by atoms with Crippen molar-refractivity contribution in [1.82, 2.24) is 5.32 Å². The van der Waals surface area contributed by atoms with E-state index in [4.69, 9.17) is 0 Å². The number of aliphatic hydroxyl groups is 1. The summed E-state index contributed by atoms with van der Waals surface area (Å²) in [5.74, 6) is -0.149. The zero-order valence-electron chi connectivity index (χ0n) is 12.0. The van der Waals surface area contributed by atoms with E-state index in [1.807, 2.05) is 13.8 Å². The smallest absolute Gasteiger partial charge is 0.269 e. The number of nitro groups is 1. The zero-order chi connectivity index (χ0) is 15.3. The molecule has 0 aliphatic carbocycles. The number of carbonyl (C=O) groups excluding carboxylic acids is 1. The summed E-state index contributed by atoms with van der Waals surface area (Å²) in [7, 11) is 0. The van der Waals surface area contributed by atoms with E-state index in [-0.39, 0.29) is 18.2 Å². The van der Waals surface area contributed by atoms with E-state index in [2.05, 4.69) is 5.32 Å². The van der Waals surface area contributed by atoms with Crippen LogP contribution in [0.4, 0.5) is 5.69 Å². The first kappa shape index (κ1) is 16.1. The minimum atomic E-state index is -0.436. The summed E-state index contributed by atoms with van der Waals surface area (Å²) in [4.78, 5) is 21.8. The lowest BCUT2D eigenvalue weighted by atomic mass is 9.97. The maximum atomic E-state index is 11.4. The minimum Gasteiger partial charge on any atom is -0.394 e. The molecule has 110 valence electrons. The molecule has 20 heavy (non-hydrogen) atoms. The lowest BCUT2D eigenvalue weighted by Gasteiger charge is -2.18. The van der Waals surface area contributed by atoms with Crippen LogP contribution in [0.3, 0.4) is 0 Å². The highest BCUT2D eigenvalue weighted by molar-refractivity contribution is 5.75. The van der Waals surface area contributed by atoms with E-state index in [1.165, 1.54) is 12.1 Å². The van der Waals surface area contributed by atoms with Crippen LogP contribution < -0.4 is 5.32 Å². The molecule has 0 aromatic heterocycles. The van der Waals surface area contributed by atoms with Gasteiger partial charge in [-0.15, -0.1) is 0 Å². The average Bonchev–Trinajstić information content (AvgIpc) is 2.42. The highest BCUT2D eigenvalue weighted by Crippen LogP contribution is 2.22. The summed E-state index contributed by atoms with van der Waals surface area (Å²) in [5.41, 5.74) is 2.57. The number of nitro benzene ring substituents is 1. The topological polar surface area (TPSA) is 92.5 Å². The average molecular weight is 280 g/mol. The van der Waals surface area contributed by atoms with Gasteiger partial charge in [-0.2, -0.15) is 0 Å². The third kappa shape index (κ3) is 4.03. The van der Waals surface area contributed by atoms with E-state index in [0.29, 0.717) is 12.8 Å². The van der Waals surface area contributed by atoms with Crippen LogP contribution in [-0.4, -0.2) is 28.6 Å². The van der Waals surface area contributed by atoms with Crippen LogP contribution in [0.2, 0.25) is 0 Å². The van der Waals surface area contributed by atoms with Gasteiger partial charge in [0.05, 0.1) is 17.6 Å². The number of aryl methyl sites for hydroxylation is 1. The van der Waals surface area contributed by atoms with Crippen molar-refractivity contribution in [1.29, 1.82) is 0 Å². The van der Waals surface area contributed by atoms with Crippen molar-refractivity contribution >= 4 is 11.6 Å². The number of non-ortho nitro benzene ring substituents is 1. The molecular formula is C14H20N2O4. The Kier molecular flexibility index (Phi) is 5.64. The Bertz CT molecular complexity index is 514. The summed E-state index contributed by atoms with van der Waals surface area (Å²) in [5, 5.41) is 22.9. The molecule has 6 heteroatoms. The fourth-order valence-electron chi connectivity index (χ4n) is 1.99. The van der Waals surface area contributed by atoms with E-state index in [0.717, 1.165) is 16.7 Å². The summed E-state index contributed by atoms with van der Waals surface area (Å²) < 4.78 is 0. The molecular weight excluding hydrogens is 260 g/mol. The highest BCUT2D eigenvalue weighted by Gasteiger charge is 2.16. The monoisotopic (exact) mass is 280 g/mol. The molecule has 1 atom stereocenters. The second-order valence-corrected chi connectivity index (χ2v) is 4.81. The first-order chi connectivity index (χ1) is 9.38. The van der Waals surface area contributed by atoms with Gasteiger partial charge in [0, 0.05) is 18.6 Å². The van der Waals surface area contributed by atoms with Crippen LogP contribution in [0, 0.1) is 24.0 Å². The Hall–Kier alpha value is -1.95. The summed E-state index contributed by atoms with van der Waals surface area (Å²) in [6, 6.07) is 2.60. The summed E-state index contributed by atoms with van der Waals surface area (Å²) in [6.45, 7) is 5.22. The van der Waals surface area contributed by atoms with Crippen LogP contribution in [0.5, 0.6) is 0 Å². The van der Waals surface area contributed by atoms with E-state index in [9.17, 15) is 20.0 Å². The largest absolute Gasteiger partial charge is 0.394 e. The molecule has 0 aliphatic heterocycles. The van der Waals surface area contributed by atoms with Crippen molar-refractivity contribution in [3.63, 3.8) is 0 Å². The third-order valence-corrected chi connectivity index (χ3v) is 3.34. The van der Waals surface area contributed by atoms with Crippen LogP contribution in [-0.2, 0) is 11.2 Å². The van der Waals surface area contributed by atoms with Crippen molar-refractivity contribution in [2.75, 3.05) is 6.61 Å². The van der Waals surface area contributed by atoms with Crippen LogP contribution >= 0.6 is 0 Å². The molecule has 0 radical (unpaired) electrons. The number of hydrogen-bond donors (Lipinski definition) is 2. The molecule has 0 saturated carbocycles. The number of nitrogens with one attached hydrogen (secondary N) is 1. The number of hydrogen-bond acceptors (Lipinski definition) is 4. The van der Waals surface area contributed by atoms with Gasteiger partial charge < -0.3 is 10.4 Å². The number of aliphatic hydroxyl groups excluding tert-OH is 1. The highest BCUT2D eigenvalue weighted by atomic mass is 16.6. The SMILES string of the molecule is CCC(=O)NC(CO)Cc1cc([N+](=O)[O-])cc(C)c1C. The minimum absolute atomic E-state index is 0.0293. The zero-order valence-corrected chi connectivity index (χ0v) is 12.0. The number of benzene rings is 1. The molecule has 6 nitrogen and oxygen atoms in total. The molecule has 1 amide bonds. The Morgan fingerprint density at radius 1 is 1.45 bits per heavy atom. The van der Waals surface area contributed by atoms with Crippen molar-refractivity contribution in [3.05, 3.63) is 38.9 Å². The molecule has 2 N–H and O–H groups in total. The van der Waals surface area contributed by atoms with Crippen LogP contribution in [0.1, 0.15) is 30.0 Å². The van der Waals surface area contributed by atoms with Gasteiger partial charge in [0.1, 0.15) is 0 Å². The maximum absolute atomic E-state index is 11.4. The van der Waals surface area contributed by atoms with Gasteiger partial charge in [-0.3, -0.25) is 14.9 Å². The lowest BCUT2D eigenvalue weighted by molar-refractivity contribution is -0.385. The van der Waals surface area contributed by atoms with Crippen LogP contribution in [0.25, 0.3) is 0 Å². The lowest BCUT2D eigenvalue weighted by Crippen LogP contribution is -2.38. The van der Waals surface area contributed by atoms with E-state index >= 15 is 0 Å². The molecule has 1 aromatic carbocycles. The quantitative estimate of drug-likeness (QED) is 0.612. The molecule has 0 saturated heterocycles. The number of rotatable bonds is 6. The summed E-state index contributed by atoms with van der Waals surface area (Å²) in [6.07, 6.45) is 0.708. The number of carbonyl (C=O) groups is 1. The van der Waals surface area contributed by atoms with E-state index < -0.39 is 11.0 Å². The van der Waals surface area contributed by atoms with Gasteiger partial charge in [-0.1, -0.05) is 6.92 Å². The predicted octanol–water partition coefficient (Wildman–Crippen LogP) is 1.64. The maximum Gasteiger partial charge on any atom is 0.269 e. The van der Waals surface area contributed by atoms with Crippen molar-refractivity contribution < 1.29 is 14.8 Å². The van der Waals surface area contributed by atoms with Crippen molar-refractivity contribution in [3.8, 4) is 0 Å². The number of nitrogens with zero attached hydrogens (tertiary/aromatic N) is 1. The fraction of sp³-hybridized carbons (Fsp3) is 0.500. The second kappa shape index (κ2) is 7.00. The van der Waals surface area contributed by atoms with Gasteiger partial charge in [0.2, 0.25) is 5.91 Å². The molecule has 1 unspecified atom stereocenters. The molecule has 0 fully saturated rings. The second-order valence-electron chi connectivity index (χ2n) is 4.81. The normalized spacial score (nSPS) is 12.0. The Morgan fingerprint density at radius 3 is 2.60 bits per heavy atom. The predicted molar refractivity (Wildman–Crippen MR) is 75.6 cm³/mol. The molecule has 1 aromatic rings. The van der Waals surface area contributed by atoms with Crippen molar-refractivity contribution in [2.45, 2.75) is 39.7 Å². The molecule has 0 aliphatic rings. The van der Waals surface area contributed by atoms with Crippen LogP contribution in [0.15, 0.2) is 12.1 Å². The molecule has 1 rings (SSSR count). The van der Waals surface area contributed by atoms with Gasteiger partial charge in [-0.25, -0.2) is 0 Å². The standard InChI is InChI=1S/C14H20N2O4/c1-4-14(18)15-12(8-17)6-11-7-13(16(19)20)5-9(2)10(11)3/h5,7,12,17H,4,6,8H2,1-3H3,(H,15,18). The summed E-state index contributed by atoms with van der Waals surface area (Å²) >= 11 is 0. The first-order valence-electron chi connectivity index (χ1n) is 6.53. The molecule has 0 heterocycles. The Balaban J connectivity index is 3.00. The van der Waals surface area contributed by atoms with Gasteiger partial charge >= 0.3 is 0 Å². The number of amides is 1. The van der Waals surface area contributed by atoms with Crippen molar-refractivity contribution in [2.24, 2.45) is 0 Å². The van der Waals surface area contributed by atoms with E-state index in [1.54, 1.807) is 6.92 Å².